The second-order valence-corrected chi connectivity index (χ2v) is 6.54. The lowest BCUT2D eigenvalue weighted by atomic mass is 10.1. The molecule has 0 unspecified atom stereocenters. The van der Waals surface area contributed by atoms with E-state index in [2.05, 4.69) is 15.3 Å². The maximum absolute atomic E-state index is 12.2. The molecule has 0 aliphatic heterocycles. The van der Waals surface area contributed by atoms with Crippen molar-refractivity contribution in [1.82, 2.24) is 9.97 Å². The van der Waals surface area contributed by atoms with Gasteiger partial charge < -0.3 is 15.0 Å². The number of benzene rings is 2. The lowest BCUT2D eigenvalue weighted by Gasteiger charge is -2.08. The van der Waals surface area contributed by atoms with Gasteiger partial charge in [-0.2, -0.15) is 0 Å². The predicted octanol–water partition coefficient (Wildman–Crippen LogP) is 3.92. The summed E-state index contributed by atoms with van der Waals surface area (Å²) < 4.78 is 5.20. The number of H-pyrrole nitrogens is 1. The van der Waals surface area contributed by atoms with E-state index < -0.39 is 0 Å². The van der Waals surface area contributed by atoms with Gasteiger partial charge in [0.25, 0.3) is 0 Å². The summed E-state index contributed by atoms with van der Waals surface area (Å²) in [4.78, 5) is 19.8. The number of thioether (sulfide) groups is 1. The third kappa shape index (κ3) is 3.71. The van der Waals surface area contributed by atoms with Crippen LogP contribution in [0.1, 0.15) is 11.1 Å². The predicted molar refractivity (Wildman–Crippen MR) is 97.9 cm³/mol. The van der Waals surface area contributed by atoms with Gasteiger partial charge in [0.1, 0.15) is 5.75 Å². The van der Waals surface area contributed by atoms with E-state index in [9.17, 15) is 4.79 Å². The van der Waals surface area contributed by atoms with Crippen LogP contribution in [0.5, 0.6) is 5.75 Å². The minimum Gasteiger partial charge on any atom is -0.497 e. The number of nitrogens with zero attached hydrogens (tertiary/aromatic N) is 1. The molecular formula is C18H19N3O2S. The number of hydrogen-bond donors (Lipinski definition) is 2. The molecule has 0 fully saturated rings. The van der Waals surface area contributed by atoms with Crippen LogP contribution in [0.15, 0.2) is 41.6 Å². The van der Waals surface area contributed by atoms with Crippen molar-refractivity contribution in [3.8, 4) is 5.75 Å². The molecule has 3 rings (SSSR count). The SMILES string of the molecule is COc1ccc2nc(SCC(=O)Nc3cc(C)ccc3C)[nH]c2c1. The normalized spacial score (nSPS) is 10.8. The van der Waals surface area contributed by atoms with Crippen molar-refractivity contribution in [2.45, 2.75) is 19.0 Å². The van der Waals surface area contributed by atoms with Crippen molar-refractivity contribution in [2.24, 2.45) is 0 Å². The van der Waals surface area contributed by atoms with Crippen LogP contribution in [0.2, 0.25) is 0 Å². The number of carbonyl (C=O) groups excluding carboxylic acids is 1. The third-order valence-electron chi connectivity index (χ3n) is 3.67. The Morgan fingerprint density at radius 3 is 2.88 bits per heavy atom. The zero-order valence-corrected chi connectivity index (χ0v) is 14.7. The number of carbonyl (C=O) groups is 1. The molecule has 5 nitrogen and oxygen atoms in total. The largest absolute Gasteiger partial charge is 0.497 e. The quantitative estimate of drug-likeness (QED) is 0.690. The van der Waals surface area contributed by atoms with Crippen molar-refractivity contribution in [3.63, 3.8) is 0 Å². The summed E-state index contributed by atoms with van der Waals surface area (Å²) in [5, 5.41) is 3.67. The van der Waals surface area contributed by atoms with E-state index >= 15 is 0 Å². The highest BCUT2D eigenvalue weighted by atomic mass is 32.2. The standard InChI is InChI=1S/C18H19N3O2S/c1-11-4-5-12(2)15(8-11)19-17(22)10-24-18-20-14-7-6-13(23-3)9-16(14)21-18/h4-9H,10H2,1-3H3,(H,19,22)(H,20,21). The van der Waals surface area contributed by atoms with Crippen molar-refractivity contribution < 1.29 is 9.53 Å². The first-order valence-electron chi connectivity index (χ1n) is 7.59. The first-order chi connectivity index (χ1) is 11.5. The van der Waals surface area contributed by atoms with Crippen molar-refractivity contribution >= 4 is 34.4 Å². The zero-order valence-electron chi connectivity index (χ0n) is 13.8. The van der Waals surface area contributed by atoms with Crippen LogP contribution in [-0.4, -0.2) is 28.7 Å². The molecule has 2 N–H and O–H groups in total. The fourth-order valence-corrected chi connectivity index (χ4v) is 3.04. The van der Waals surface area contributed by atoms with E-state index in [-0.39, 0.29) is 5.91 Å². The maximum Gasteiger partial charge on any atom is 0.234 e. The highest BCUT2D eigenvalue weighted by Crippen LogP contribution is 2.23. The number of methoxy groups -OCH3 is 1. The molecule has 0 bridgehead atoms. The molecule has 2 aromatic carbocycles. The highest BCUT2D eigenvalue weighted by Gasteiger charge is 2.09. The number of aromatic amines is 1. The van der Waals surface area contributed by atoms with Gasteiger partial charge in [0.2, 0.25) is 5.91 Å². The summed E-state index contributed by atoms with van der Waals surface area (Å²) in [5.41, 5.74) is 4.78. The third-order valence-corrected chi connectivity index (χ3v) is 4.55. The molecule has 0 saturated carbocycles. The molecule has 0 atom stereocenters. The molecule has 0 radical (unpaired) electrons. The molecule has 1 amide bonds. The monoisotopic (exact) mass is 341 g/mol. The smallest absolute Gasteiger partial charge is 0.234 e. The summed E-state index contributed by atoms with van der Waals surface area (Å²) in [7, 11) is 1.63. The van der Waals surface area contributed by atoms with Gasteiger partial charge in [-0.1, -0.05) is 23.9 Å². The van der Waals surface area contributed by atoms with E-state index in [4.69, 9.17) is 4.74 Å². The fourth-order valence-electron chi connectivity index (χ4n) is 2.35. The number of ether oxygens (including phenoxy) is 1. The Balaban J connectivity index is 1.64. The number of nitrogens with one attached hydrogen (secondary N) is 2. The average Bonchev–Trinajstić information content (AvgIpc) is 2.98. The molecule has 0 spiro atoms. The molecule has 0 aliphatic carbocycles. The van der Waals surface area contributed by atoms with Crippen LogP contribution < -0.4 is 10.1 Å². The van der Waals surface area contributed by atoms with E-state index in [1.165, 1.54) is 11.8 Å². The Kier molecular flexibility index (Phi) is 4.76. The number of aromatic nitrogens is 2. The Bertz CT molecular complexity index is 889. The number of anilines is 1. The molecule has 124 valence electrons. The summed E-state index contributed by atoms with van der Waals surface area (Å²) in [5.74, 6) is 1.02. The van der Waals surface area contributed by atoms with Crippen molar-refractivity contribution in [3.05, 3.63) is 47.5 Å². The van der Waals surface area contributed by atoms with Gasteiger partial charge in [-0.25, -0.2) is 4.98 Å². The topological polar surface area (TPSA) is 67.0 Å². The van der Waals surface area contributed by atoms with Crippen LogP contribution in [0.4, 0.5) is 5.69 Å². The summed E-state index contributed by atoms with van der Waals surface area (Å²) in [6, 6.07) is 11.7. The van der Waals surface area contributed by atoms with Crippen LogP contribution >= 0.6 is 11.8 Å². The van der Waals surface area contributed by atoms with Crippen LogP contribution in [0.3, 0.4) is 0 Å². The number of hydrogen-bond acceptors (Lipinski definition) is 4. The lowest BCUT2D eigenvalue weighted by molar-refractivity contribution is -0.113. The molecule has 0 aliphatic rings. The zero-order chi connectivity index (χ0) is 17.1. The van der Waals surface area contributed by atoms with Gasteiger partial charge in [0.05, 0.1) is 23.9 Å². The molecule has 0 saturated heterocycles. The van der Waals surface area contributed by atoms with Crippen molar-refractivity contribution in [2.75, 3.05) is 18.2 Å². The first kappa shape index (κ1) is 16.4. The number of fused-ring (bicyclic) bond motifs is 1. The Morgan fingerprint density at radius 1 is 1.25 bits per heavy atom. The molecule has 24 heavy (non-hydrogen) atoms. The minimum absolute atomic E-state index is 0.0493. The molecule has 6 heteroatoms. The number of amides is 1. The van der Waals surface area contributed by atoms with E-state index in [1.807, 2.05) is 50.2 Å². The minimum atomic E-state index is -0.0493. The lowest BCUT2D eigenvalue weighted by Crippen LogP contribution is -2.15. The van der Waals surface area contributed by atoms with Gasteiger partial charge in [0.15, 0.2) is 5.16 Å². The molecule has 3 aromatic rings. The second-order valence-electron chi connectivity index (χ2n) is 5.58. The van der Waals surface area contributed by atoms with Crippen LogP contribution in [0.25, 0.3) is 11.0 Å². The second kappa shape index (κ2) is 6.97. The summed E-state index contributed by atoms with van der Waals surface area (Å²) >= 11 is 1.38. The average molecular weight is 341 g/mol. The van der Waals surface area contributed by atoms with Gasteiger partial charge in [-0.05, 0) is 43.2 Å². The van der Waals surface area contributed by atoms with Gasteiger partial charge in [-0.15, -0.1) is 0 Å². The highest BCUT2D eigenvalue weighted by molar-refractivity contribution is 7.99. The van der Waals surface area contributed by atoms with Gasteiger partial charge in [-0.3, -0.25) is 4.79 Å². The number of rotatable bonds is 5. The van der Waals surface area contributed by atoms with E-state index in [0.717, 1.165) is 38.8 Å². The van der Waals surface area contributed by atoms with Crippen molar-refractivity contribution in [1.29, 1.82) is 0 Å². The van der Waals surface area contributed by atoms with Crippen LogP contribution in [-0.2, 0) is 4.79 Å². The summed E-state index contributed by atoms with van der Waals surface area (Å²) in [6.45, 7) is 3.99. The maximum atomic E-state index is 12.2. The number of imidazole rings is 1. The van der Waals surface area contributed by atoms with Crippen LogP contribution in [0, 0.1) is 13.8 Å². The van der Waals surface area contributed by atoms with Gasteiger partial charge in [0, 0.05) is 11.8 Å². The molecule has 1 aromatic heterocycles. The van der Waals surface area contributed by atoms with E-state index in [0.29, 0.717) is 5.75 Å². The Morgan fingerprint density at radius 2 is 2.08 bits per heavy atom. The first-order valence-corrected chi connectivity index (χ1v) is 8.57. The molecule has 1 heterocycles. The molecular weight excluding hydrogens is 322 g/mol. The van der Waals surface area contributed by atoms with Gasteiger partial charge >= 0.3 is 0 Å². The Labute approximate surface area is 144 Å². The Hall–Kier alpha value is -2.47. The van der Waals surface area contributed by atoms with E-state index in [1.54, 1.807) is 7.11 Å². The fraction of sp³-hybridized carbons (Fsp3) is 0.222. The number of aryl methyl sites for hydroxylation is 2. The summed E-state index contributed by atoms with van der Waals surface area (Å²) in [6.07, 6.45) is 0.